The fourth-order valence-electron chi connectivity index (χ4n) is 0.889. The van der Waals surface area contributed by atoms with Gasteiger partial charge in [-0.3, -0.25) is 0 Å². The lowest BCUT2D eigenvalue weighted by atomic mass is 10.3. The van der Waals surface area contributed by atoms with Gasteiger partial charge >= 0.3 is 0 Å². The van der Waals surface area contributed by atoms with Crippen LogP contribution in [0.2, 0.25) is 5.02 Å². The van der Waals surface area contributed by atoms with Crippen LogP contribution in [0.25, 0.3) is 0 Å². The summed E-state index contributed by atoms with van der Waals surface area (Å²) in [6, 6.07) is 7.05. The van der Waals surface area contributed by atoms with Gasteiger partial charge in [-0.15, -0.1) is 0 Å². The number of alkyl halides is 1. The molecule has 1 aromatic rings. The molecule has 1 rings (SSSR count). The Kier molecular flexibility index (Phi) is 3.99. The Balaban J connectivity index is 2.45. The summed E-state index contributed by atoms with van der Waals surface area (Å²) in [5.41, 5.74) is 0.778. The summed E-state index contributed by atoms with van der Waals surface area (Å²) in [4.78, 5) is 0. The number of hydrogen-bond acceptors (Lipinski definition) is 2. The molecule has 1 aromatic carbocycles. The number of aliphatic hydroxyl groups is 1. The van der Waals surface area contributed by atoms with Crippen molar-refractivity contribution in [2.75, 3.05) is 18.5 Å². The van der Waals surface area contributed by atoms with E-state index in [4.69, 9.17) is 16.7 Å². The van der Waals surface area contributed by atoms with E-state index in [-0.39, 0.29) is 6.54 Å². The highest BCUT2D eigenvalue weighted by Gasteiger charge is 2.01. The monoisotopic (exact) mass is 203 g/mol. The maximum Gasteiger partial charge on any atom is 0.117 e. The van der Waals surface area contributed by atoms with E-state index in [1.807, 2.05) is 0 Å². The van der Waals surface area contributed by atoms with Crippen LogP contribution in [0.1, 0.15) is 0 Å². The third kappa shape index (κ3) is 3.61. The molecule has 0 bridgehead atoms. The van der Waals surface area contributed by atoms with Crippen molar-refractivity contribution in [3.05, 3.63) is 29.3 Å². The zero-order valence-electron chi connectivity index (χ0n) is 7.00. The normalized spacial score (nSPS) is 12.5. The van der Waals surface area contributed by atoms with Gasteiger partial charge in [0.2, 0.25) is 0 Å². The highest BCUT2D eigenvalue weighted by atomic mass is 35.5. The first-order valence-electron chi connectivity index (χ1n) is 3.96. The summed E-state index contributed by atoms with van der Waals surface area (Å²) in [5, 5.41) is 12.4. The predicted octanol–water partition coefficient (Wildman–Crippen LogP) is 2.08. The smallest absolute Gasteiger partial charge is 0.117 e. The van der Waals surface area contributed by atoms with E-state index < -0.39 is 12.8 Å². The summed E-state index contributed by atoms with van der Waals surface area (Å²) in [6.07, 6.45) is -0.959. The quantitative estimate of drug-likeness (QED) is 0.786. The van der Waals surface area contributed by atoms with E-state index in [0.29, 0.717) is 5.02 Å². The molecule has 0 aromatic heterocycles. The molecule has 1 atom stereocenters. The third-order valence-corrected chi connectivity index (χ3v) is 1.78. The minimum absolute atomic E-state index is 0.191. The van der Waals surface area contributed by atoms with Gasteiger partial charge < -0.3 is 10.4 Å². The molecule has 2 nitrogen and oxygen atoms in total. The molecule has 0 aliphatic carbocycles. The number of rotatable bonds is 4. The Labute approximate surface area is 81.3 Å². The van der Waals surface area contributed by atoms with Crippen LogP contribution in [0.5, 0.6) is 0 Å². The van der Waals surface area contributed by atoms with Gasteiger partial charge in [-0.25, -0.2) is 4.39 Å². The molecule has 72 valence electrons. The van der Waals surface area contributed by atoms with E-state index in [0.717, 1.165) is 5.69 Å². The van der Waals surface area contributed by atoms with Gasteiger partial charge in [-0.2, -0.15) is 0 Å². The van der Waals surface area contributed by atoms with E-state index in [1.54, 1.807) is 24.3 Å². The van der Waals surface area contributed by atoms with Gasteiger partial charge in [0, 0.05) is 17.3 Å². The van der Waals surface area contributed by atoms with Crippen LogP contribution in [0.3, 0.4) is 0 Å². The molecule has 0 saturated carbocycles. The van der Waals surface area contributed by atoms with Crippen LogP contribution < -0.4 is 5.32 Å². The van der Waals surface area contributed by atoms with E-state index in [9.17, 15) is 4.39 Å². The summed E-state index contributed by atoms with van der Waals surface area (Å²) in [5.74, 6) is 0. The zero-order chi connectivity index (χ0) is 9.68. The van der Waals surface area contributed by atoms with E-state index in [1.165, 1.54) is 0 Å². The third-order valence-electron chi connectivity index (χ3n) is 1.54. The van der Waals surface area contributed by atoms with Gasteiger partial charge in [0.15, 0.2) is 0 Å². The Morgan fingerprint density at radius 3 is 2.92 bits per heavy atom. The lowest BCUT2D eigenvalue weighted by molar-refractivity contribution is 0.151. The topological polar surface area (TPSA) is 32.3 Å². The van der Waals surface area contributed by atoms with Crippen LogP contribution >= 0.6 is 11.6 Å². The fourth-order valence-corrected chi connectivity index (χ4v) is 1.08. The second-order valence-electron chi connectivity index (χ2n) is 2.70. The Hall–Kier alpha value is -0.800. The van der Waals surface area contributed by atoms with Gasteiger partial charge in [0.05, 0.1) is 6.10 Å². The van der Waals surface area contributed by atoms with Crippen molar-refractivity contribution in [1.29, 1.82) is 0 Å². The lowest BCUT2D eigenvalue weighted by Gasteiger charge is -2.09. The summed E-state index contributed by atoms with van der Waals surface area (Å²) in [7, 11) is 0. The average molecular weight is 204 g/mol. The standard InChI is InChI=1S/C9H11ClFNO/c10-7-2-1-3-8(4-7)12-6-9(13)5-11/h1-4,9,12-13H,5-6H2. The van der Waals surface area contributed by atoms with Gasteiger partial charge in [-0.05, 0) is 18.2 Å². The minimum Gasteiger partial charge on any atom is -0.389 e. The molecule has 0 aliphatic rings. The maximum absolute atomic E-state index is 11.9. The molecule has 0 spiro atoms. The van der Waals surface area contributed by atoms with Gasteiger partial charge in [0.25, 0.3) is 0 Å². The molecular weight excluding hydrogens is 193 g/mol. The molecule has 0 radical (unpaired) electrons. The van der Waals surface area contributed by atoms with Crippen molar-refractivity contribution in [2.45, 2.75) is 6.10 Å². The van der Waals surface area contributed by atoms with Crippen LogP contribution in [0.4, 0.5) is 10.1 Å². The SMILES string of the molecule is OC(CF)CNc1cccc(Cl)c1. The van der Waals surface area contributed by atoms with Crippen molar-refractivity contribution in [3.63, 3.8) is 0 Å². The van der Waals surface area contributed by atoms with Gasteiger partial charge in [-0.1, -0.05) is 17.7 Å². The summed E-state index contributed by atoms with van der Waals surface area (Å²) < 4.78 is 11.9. The van der Waals surface area contributed by atoms with Crippen LogP contribution in [-0.4, -0.2) is 24.4 Å². The fraction of sp³-hybridized carbons (Fsp3) is 0.333. The van der Waals surface area contributed by atoms with Crippen molar-refractivity contribution < 1.29 is 9.50 Å². The molecular formula is C9H11ClFNO. The molecule has 0 fully saturated rings. The minimum atomic E-state index is -0.959. The number of anilines is 1. The van der Waals surface area contributed by atoms with Crippen LogP contribution in [0.15, 0.2) is 24.3 Å². The molecule has 1 unspecified atom stereocenters. The van der Waals surface area contributed by atoms with Gasteiger partial charge in [0.1, 0.15) is 6.67 Å². The van der Waals surface area contributed by atoms with Crippen molar-refractivity contribution in [3.8, 4) is 0 Å². The number of aliphatic hydroxyl groups excluding tert-OH is 1. The first-order chi connectivity index (χ1) is 6.22. The van der Waals surface area contributed by atoms with Crippen LogP contribution in [0, 0.1) is 0 Å². The van der Waals surface area contributed by atoms with E-state index in [2.05, 4.69) is 5.32 Å². The predicted molar refractivity (Wildman–Crippen MR) is 51.9 cm³/mol. The Morgan fingerprint density at radius 2 is 2.31 bits per heavy atom. The second kappa shape index (κ2) is 5.04. The molecule has 0 aliphatic heterocycles. The largest absolute Gasteiger partial charge is 0.389 e. The molecule has 4 heteroatoms. The maximum atomic E-state index is 11.9. The van der Waals surface area contributed by atoms with E-state index >= 15 is 0 Å². The highest BCUT2D eigenvalue weighted by molar-refractivity contribution is 6.30. The number of halogens is 2. The summed E-state index contributed by atoms with van der Waals surface area (Å²) >= 11 is 5.72. The molecule has 0 saturated heterocycles. The number of nitrogens with one attached hydrogen (secondary N) is 1. The first kappa shape index (κ1) is 10.3. The zero-order valence-corrected chi connectivity index (χ0v) is 7.76. The highest BCUT2D eigenvalue weighted by Crippen LogP contribution is 2.14. The summed E-state index contributed by atoms with van der Waals surface area (Å²) in [6.45, 7) is -0.551. The van der Waals surface area contributed by atoms with Crippen molar-refractivity contribution in [1.82, 2.24) is 0 Å². The molecule has 0 amide bonds. The number of hydrogen-bond donors (Lipinski definition) is 2. The Morgan fingerprint density at radius 1 is 1.54 bits per heavy atom. The molecule has 0 heterocycles. The van der Waals surface area contributed by atoms with Crippen LogP contribution in [-0.2, 0) is 0 Å². The van der Waals surface area contributed by atoms with Crippen molar-refractivity contribution in [2.24, 2.45) is 0 Å². The Bertz CT molecular complexity index is 270. The first-order valence-corrected chi connectivity index (χ1v) is 4.33. The molecule has 2 N–H and O–H groups in total. The van der Waals surface area contributed by atoms with Crippen molar-refractivity contribution >= 4 is 17.3 Å². The number of benzene rings is 1. The second-order valence-corrected chi connectivity index (χ2v) is 3.14. The molecule has 13 heavy (non-hydrogen) atoms. The lowest BCUT2D eigenvalue weighted by Crippen LogP contribution is -2.21. The average Bonchev–Trinajstić information content (AvgIpc) is 2.14.